The van der Waals surface area contributed by atoms with E-state index >= 15 is 0 Å². The minimum atomic E-state index is -4.05. The zero-order valence-corrected chi connectivity index (χ0v) is 19.4. The molecule has 0 bridgehead atoms. The number of benzene rings is 3. The molecule has 8 nitrogen and oxygen atoms in total. The van der Waals surface area contributed by atoms with Crippen molar-refractivity contribution in [3.8, 4) is 0 Å². The van der Waals surface area contributed by atoms with Gasteiger partial charge in [0.2, 0.25) is 10.0 Å². The number of sulfonamides is 1. The van der Waals surface area contributed by atoms with Crippen LogP contribution in [0.4, 0.5) is 5.69 Å². The van der Waals surface area contributed by atoms with Gasteiger partial charge in [-0.2, -0.15) is 4.31 Å². The maximum Gasteiger partial charge on any atom is 0.289 e. The third-order valence-electron chi connectivity index (χ3n) is 5.98. The molecule has 1 heterocycles. The molecule has 0 atom stereocenters. The van der Waals surface area contributed by atoms with Gasteiger partial charge in [-0.1, -0.05) is 60.7 Å². The van der Waals surface area contributed by atoms with Gasteiger partial charge in [-0.15, -0.1) is 0 Å². The summed E-state index contributed by atoms with van der Waals surface area (Å²) in [5, 5.41) is 11.3. The van der Waals surface area contributed by atoms with Gasteiger partial charge in [0.1, 0.15) is 0 Å². The van der Waals surface area contributed by atoms with Gasteiger partial charge in [0.25, 0.3) is 11.6 Å². The maximum atomic E-state index is 13.3. The Morgan fingerprint density at radius 2 is 1.44 bits per heavy atom. The predicted molar refractivity (Wildman–Crippen MR) is 128 cm³/mol. The Kier molecular flexibility index (Phi) is 7.04. The monoisotopic (exact) mass is 479 g/mol. The van der Waals surface area contributed by atoms with Crippen LogP contribution in [0, 0.1) is 10.1 Å². The highest BCUT2D eigenvalue weighted by molar-refractivity contribution is 7.89. The van der Waals surface area contributed by atoms with E-state index in [0.29, 0.717) is 5.56 Å². The van der Waals surface area contributed by atoms with Crippen LogP contribution >= 0.6 is 0 Å². The molecule has 1 aliphatic rings. The summed E-state index contributed by atoms with van der Waals surface area (Å²) in [5.74, 6) is -0.133. The van der Waals surface area contributed by atoms with Crippen LogP contribution < -0.4 is 0 Å². The Bertz CT molecular complexity index is 1290. The van der Waals surface area contributed by atoms with Crippen LogP contribution in [0.25, 0.3) is 0 Å². The SMILES string of the molecule is O=C(c1ccccc1CCc1ccccc1)N1CCN(S(=O)(=O)c2ccccc2[N+](=O)[O-])CC1. The Morgan fingerprint density at radius 1 is 0.824 bits per heavy atom. The van der Waals surface area contributed by atoms with Gasteiger partial charge in [0.05, 0.1) is 4.92 Å². The van der Waals surface area contributed by atoms with Crippen molar-refractivity contribution in [2.75, 3.05) is 26.2 Å². The zero-order valence-electron chi connectivity index (χ0n) is 18.5. The smallest absolute Gasteiger partial charge is 0.289 e. The van der Waals surface area contributed by atoms with Crippen molar-refractivity contribution in [3.63, 3.8) is 0 Å². The van der Waals surface area contributed by atoms with Crippen molar-refractivity contribution in [1.82, 2.24) is 9.21 Å². The molecule has 1 fully saturated rings. The van der Waals surface area contributed by atoms with Crippen molar-refractivity contribution in [2.24, 2.45) is 0 Å². The fourth-order valence-electron chi connectivity index (χ4n) is 4.14. The number of piperazine rings is 1. The second-order valence-corrected chi connectivity index (χ2v) is 9.97. The number of para-hydroxylation sites is 1. The molecule has 1 aliphatic heterocycles. The minimum absolute atomic E-state index is 0.0757. The van der Waals surface area contributed by atoms with Crippen molar-refractivity contribution >= 4 is 21.6 Å². The third-order valence-corrected chi connectivity index (χ3v) is 7.93. The second kappa shape index (κ2) is 10.1. The van der Waals surface area contributed by atoms with E-state index in [4.69, 9.17) is 0 Å². The average molecular weight is 480 g/mol. The number of carbonyl (C=O) groups is 1. The van der Waals surface area contributed by atoms with Gasteiger partial charge in [0.15, 0.2) is 4.90 Å². The first-order chi connectivity index (χ1) is 16.4. The summed E-state index contributed by atoms with van der Waals surface area (Å²) in [7, 11) is -4.05. The standard InChI is InChI=1S/C25H25N3O5S/c29-25(22-11-5-4-10-21(22)15-14-20-8-2-1-3-9-20)26-16-18-27(19-17-26)34(32,33)24-13-7-6-12-23(24)28(30)31/h1-13H,14-19H2. The molecule has 1 saturated heterocycles. The lowest BCUT2D eigenvalue weighted by Crippen LogP contribution is -2.50. The first-order valence-electron chi connectivity index (χ1n) is 11.0. The lowest BCUT2D eigenvalue weighted by molar-refractivity contribution is -0.387. The third kappa shape index (κ3) is 5.00. The van der Waals surface area contributed by atoms with Crippen LogP contribution in [-0.4, -0.2) is 54.6 Å². The van der Waals surface area contributed by atoms with E-state index in [9.17, 15) is 23.3 Å². The Hall–Kier alpha value is -3.56. The lowest BCUT2D eigenvalue weighted by atomic mass is 9.99. The van der Waals surface area contributed by atoms with Crippen LogP contribution in [0.15, 0.2) is 83.8 Å². The molecule has 1 amide bonds. The van der Waals surface area contributed by atoms with Gasteiger partial charge in [-0.25, -0.2) is 8.42 Å². The molecule has 0 aromatic heterocycles. The minimum Gasteiger partial charge on any atom is -0.336 e. The molecule has 9 heteroatoms. The topological polar surface area (TPSA) is 101 Å². The fourth-order valence-corrected chi connectivity index (χ4v) is 5.72. The number of hydrogen-bond acceptors (Lipinski definition) is 5. The number of aryl methyl sites for hydroxylation is 2. The molecule has 0 spiro atoms. The van der Waals surface area contributed by atoms with Gasteiger partial charge >= 0.3 is 0 Å². The molecular formula is C25H25N3O5S. The van der Waals surface area contributed by atoms with Crippen LogP contribution in [0.2, 0.25) is 0 Å². The van der Waals surface area contributed by atoms with E-state index in [-0.39, 0.29) is 37.0 Å². The second-order valence-electron chi connectivity index (χ2n) is 8.06. The Labute approximate surface area is 198 Å². The van der Waals surface area contributed by atoms with Gasteiger partial charge < -0.3 is 4.90 Å². The van der Waals surface area contributed by atoms with Gasteiger partial charge in [-0.05, 0) is 36.1 Å². The normalized spacial score (nSPS) is 14.6. The average Bonchev–Trinajstić information content (AvgIpc) is 2.88. The van der Waals surface area contributed by atoms with E-state index < -0.39 is 20.6 Å². The largest absolute Gasteiger partial charge is 0.336 e. The maximum absolute atomic E-state index is 13.3. The summed E-state index contributed by atoms with van der Waals surface area (Å²) in [4.78, 5) is 25.2. The highest BCUT2D eigenvalue weighted by Crippen LogP contribution is 2.27. The number of rotatable bonds is 7. The Morgan fingerprint density at radius 3 is 2.15 bits per heavy atom. The van der Waals surface area contributed by atoms with Gasteiger partial charge in [0, 0.05) is 37.8 Å². The highest BCUT2D eigenvalue weighted by atomic mass is 32.2. The van der Waals surface area contributed by atoms with Crippen molar-refractivity contribution in [3.05, 3.63) is 106 Å². The zero-order chi connectivity index (χ0) is 24.1. The van der Waals surface area contributed by atoms with Gasteiger partial charge in [-0.3, -0.25) is 14.9 Å². The summed E-state index contributed by atoms with van der Waals surface area (Å²) in [6.07, 6.45) is 1.53. The predicted octanol–water partition coefficient (Wildman–Crippen LogP) is 3.53. The number of hydrogen-bond donors (Lipinski definition) is 0. The first-order valence-corrected chi connectivity index (χ1v) is 12.5. The molecule has 0 saturated carbocycles. The van der Waals surface area contributed by atoms with Crippen molar-refractivity contribution in [1.29, 1.82) is 0 Å². The van der Waals surface area contributed by atoms with Crippen LogP contribution in [0.5, 0.6) is 0 Å². The van der Waals surface area contributed by atoms with E-state index in [1.807, 2.05) is 36.4 Å². The van der Waals surface area contributed by atoms with Crippen molar-refractivity contribution < 1.29 is 18.1 Å². The molecule has 3 aromatic carbocycles. The number of carbonyl (C=O) groups excluding carboxylic acids is 1. The number of nitro benzene ring substituents is 1. The summed E-state index contributed by atoms with van der Waals surface area (Å²) >= 11 is 0. The summed E-state index contributed by atoms with van der Waals surface area (Å²) in [6, 6.07) is 22.9. The molecule has 0 N–H and O–H groups in total. The van der Waals surface area contributed by atoms with E-state index in [2.05, 4.69) is 12.1 Å². The number of amides is 1. The molecule has 4 rings (SSSR count). The number of nitrogens with zero attached hydrogens (tertiary/aromatic N) is 3. The first kappa shape index (κ1) is 23.6. The Balaban J connectivity index is 1.45. The van der Waals surface area contributed by atoms with Crippen LogP contribution in [0.1, 0.15) is 21.5 Å². The molecule has 0 radical (unpaired) electrons. The lowest BCUT2D eigenvalue weighted by Gasteiger charge is -2.34. The quantitative estimate of drug-likeness (QED) is 0.381. The highest BCUT2D eigenvalue weighted by Gasteiger charge is 2.34. The number of nitro groups is 1. The van der Waals surface area contributed by atoms with E-state index in [0.717, 1.165) is 18.4 Å². The molecule has 176 valence electrons. The summed E-state index contributed by atoms with van der Waals surface area (Å²) < 4.78 is 27.3. The fraction of sp³-hybridized carbons (Fsp3) is 0.240. The van der Waals surface area contributed by atoms with E-state index in [1.54, 1.807) is 11.0 Å². The van der Waals surface area contributed by atoms with Crippen molar-refractivity contribution in [2.45, 2.75) is 17.7 Å². The van der Waals surface area contributed by atoms with Crippen LogP contribution in [-0.2, 0) is 22.9 Å². The molecule has 34 heavy (non-hydrogen) atoms. The molecule has 0 unspecified atom stereocenters. The molecular weight excluding hydrogens is 454 g/mol. The molecule has 3 aromatic rings. The summed E-state index contributed by atoms with van der Waals surface area (Å²) in [5.41, 5.74) is 2.31. The molecule has 0 aliphatic carbocycles. The summed E-state index contributed by atoms with van der Waals surface area (Å²) in [6.45, 7) is 0.579. The van der Waals surface area contributed by atoms with Crippen LogP contribution in [0.3, 0.4) is 0 Å². The van der Waals surface area contributed by atoms with E-state index in [1.165, 1.54) is 34.1 Å².